The van der Waals surface area contributed by atoms with Gasteiger partial charge in [0.25, 0.3) is 0 Å². The first-order chi connectivity index (χ1) is 10.3. The monoisotopic (exact) mass is 347 g/mol. The summed E-state index contributed by atoms with van der Waals surface area (Å²) in [5.74, 6) is -2.02. The summed E-state index contributed by atoms with van der Waals surface area (Å²) in [4.78, 5) is 10.6. The van der Waals surface area contributed by atoms with E-state index < -0.39 is 27.7 Å². The van der Waals surface area contributed by atoms with Gasteiger partial charge >= 0.3 is 5.97 Å². The quantitative estimate of drug-likeness (QED) is 0.909. The molecule has 22 heavy (non-hydrogen) atoms. The summed E-state index contributed by atoms with van der Waals surface area (Å²) in [6.45, 7) is 0.498. The zero-order chi connectivity index (χ0) is 16.1. The minimum Gasteiger partial charge on any atom is -0.481 e. The molecule has 0 bridgehead atoms. The van der Waals surface area contributed by atoms with Gasteiger partial charge in [0.15, 0.2) is 0 Å². The fraction of sp³-hybridized carbons (Fsp3) is 0.500. The molecule has 3 rings (SSSR count). The first kappa shape index (κ1) is 15.7. The van der Waals surface area contributed by atoms with Gasteiger partial charge in [-0.3, -0.25) is 4.79 Å². The van der Waals surface area contributed by atoms with Crippen molar-refractivity contribution in [3.63, 3.8) is 0 Å². The van der Waals surface area contributed by atoms with Gasteiger partial charge in [-0.15, -0.1) is 0 Å². The fourth-order valence-electron chi connectivity index (χ4n) is 3.48. The molecular formula is C14H15ClFNO4S. The highest BCUT2D eigenvalue weighted by molar-refractivity contribution is 7.89. The minimum atomic E-state index is -3.91. The number of fused-ring (bicyclic) bond motifs is 1. The van der Waals surface area contributed by atoms with Crippen molar-refractivity contribution in [2.24, 2.45) is 17.8 Å². The van der Waals surface area contributed by atoms with Crippen LogP contribution in [0.4, 0.5) is 4.39 Å². The van der Waals surface area contributed by atoms with E-state index in [1.807, 2.05) is 0 Å². The number of hydrogen-bond acceptors (Lipinski definition) is 3. The summed E-state index contributed by atoms with van der Waals surface area (Å²) in [5, 5.41) is 9.18. The smallest absolute Gasteiger partial charge is 0.306 e. The van der Waals surface area contributed by atoms with E-state index in [0.29, 0.717) is 12.8 Å². The van der Waals surface area contributed by atoms with E-state index in [0.717, 1.165) is 6.07 Å². The molecule has 2 aliphatic rings. The number of carbonyl (C=O) groups is 1. The molecule has 1 aliphatic carbocycles. The molecular weight excluding hydrogens is 333 g/mol. The van der Waals surface area contributed by atoms with E-state index in [1.54, 1.807) is 0 Å². The molecule has 1 aliphatic heterocycles. The lowest BCUT2D eigenvalue weighted by atomic mass is 10.0. The average molecular weight is 348 g/mol. The van der Waals surface area contributed by atoms with Crippen LogP contribution in [-0.4, -0.2) is 36.9 Å². The lowest BCUT2D eigenvalue weighted by molar-refractivity contribution is -0.141. The summed E-state index contributed by atoms with van der Waals surface area (Å²) in [6, 6.07) is 3.49. The maximum Gasteiger partial charge on any atom is 0.306 e. The molecule has 2 fully saturated rings. The van der Waals surface area contributed by atoms with Crippen LogP contribution in [0.5, 0.6) is 0 Å². The van der Waals surface area contributed by atoms with Crippen molar-refractivity contribution in [3.05, 3.63) is 29.0 Å². The Kier molecular flexibility index (Phi) is 3.91. The highest BCUT2D eigenvalue weighted by atomic mass is 35.5. The summed E-state index contributed by atoms with van der Waals surface area (Å²) >= 11 is 5.65. The van der Waals surface area contributed by atoms with Crippen LogP contribution in [0.1, 0.15) is 12.8 Å². The topological polar surface area (TPSA) is 74.7 Å². The molecule has 1 aromatic carbocycles. The Labute approximate surface area is 132 Å². The maximum atomic E-state index is 13.9. The second-order valence-corrected chi connectivity index (χ2v) is 8.27. The Morgan fingerprint density at radius 3 is 2.36 bits per heavy atom. The van der Waals surface area contributed by atoms with Crippen LogP contribution in [-0.2, 0) is 14.8 Å². The van der Waals surface area contributed by atoms with E-state index in [1.165, 1.54) is 16.4 Å². The Hall–Kier alpha value is -1.18. The van der Waals surface area contributed by atoms with Gasteiger partial charge in [-0.2, -0.15) is 4.31 Å². The predicted molar refractivity (Wildman–Crippen MR) is 77.5 cm³/mol. The summed E-state index contributed by atoms with van der Waals surface area (Å²) in [7, 11) is -3.91. The third-order valence-electron chi connectivity index (χ3n) is 4.58. The van der Waals surface area contributed by atoms with Crippen molar-refractivity contribution < 1.29 is 22.7 Å². The number of hydrogen-bond donors (Lipinski definition) is 1. The van der Waals surface area contributed by atoms with Crippen LogP contribution in [0.15, 0.2) is 23.1 Å². The molecule has 120 valence electrons. The van der Waals surface area contributed by atoms with Gasteiger partial charge in [-0.25, -0.2) is 12.8 Å². The lowest BCUT2D eigenvalue weighted by Gasteiger charge is -2.18. The van der Waals surface area contributed by atoms with Crippen molar-refractivity contribution in [2.45, 2.75) is 17.7 Å². The molecule has 0 spiro atoms. The van der Waals surface area contributed by atoms with Gasteiger partial charge in [-0.1, -0.05) is 11.6 Å². The number of nitrogens with zero attached hydrogens (tertiary/aromatic N) is 1. The average Bonchev–Trinajstić information content (AvgIpc) is 2.96. The van der Waals surface area contributed by atoms with Gasteiger partial charge in [0, 0.05) is 18.1 Å². The van der Waals surface area contributed by atoms with E-state index >= 15 is 0 Å². The number of carboxylic acids is 1. The number of carboxylic acid groups (broad SMARTS) is 1. The Morgan fingerprint density at radius 2 is 1.86 bits per heavy atom. The highest BCUT2D eigenvalue weighted by Crippen LogP contribution is 2.43. The number of rotatable bonds is 3. The van der Waals surface area contributed by atoms with Gasteiger partial charge in [0.05, 0.1) is 5.92 Å². The van der Waals surface area contributed by atoms with Crippen molar-refractivity contribution in [1.29, 1.82) is 0 Å². The van der Waals surface area contributed by atoms with Crippen LogP contribution in [0.3, 0.4) is 0 Å². The molecule has 5 nitrogen and oxygen atoms in total. The summed E-state index contributed by atoms with van der Waals surface area (Å²) in [5.41, 5.74) is 0. The van der Waals surface area contributed by atoms with Crippen molar-refractivity contribution in [3.8, 4) is 0 Å². The molecule has 0 aromatic heterocycles. The lowest BCUT2D eigenvalue weighted by Crippen LogP contribution is -2.31. The molecule has 1 unspecified atom stereocenters. The van der Waals surface area contributed by atoms with Crippen molar-refractivity contribution in [1.82, 2.24) is 4.31 Å². The molecule has 1 saturated carbocycles. The Balaban J connectivity index is 1.80. The van der Waals surface area contributed by atoms with Gasteiger partial charge in [0.1, 0.15) is 10.7 Å². The van der Waals surface area contributed by atoms with E-state index in [2.05, 4.69) is 0 Å². The standard InChI is InChI=1S/C14H15ClFNO4S/c15-11-1-2-13(12(16)5-11)22(20,21)17-6-9-3-8(14(18)19)4-10(9)7-17/h1-2,5,8-10H,3-4,6-7H2,(H,18,19)/t8?,9-,10+. The molecule has 0 radical (unpaired) electrons. The zero-order valence-corrected chi connectivity index (χ0v) is 13.1. The largest absolute Gasteiger partial charge is 0.481 e. The van der Waals surface area contributed by atoms with Crippen LogP contribution in [0.2, 0.25) is 5.02 Å². The minimum absolute atomic E-state index is 0.0336. The van der Waals surface area contributed by atoms with Crippen molar-refractivity contribution >= 4 is 27.6 Å². The molecule has 1 heterocycles. The number of benzene rings is 1. The first-order valence-corrected chi connectivity index (χ1v) is 8.79. The van der Waals surface area contributed by atoms with E-state index in [-0.39, 0.29) is 34.8 Å². The SMILES string of the molecule is O=C(O)C1C[C@@H]2CN(S(=O)(=O)c3ccc(Cl)cc3F)C[C@@H]2C1. The molecule has 1 N–H and O–H groups in total. The van der Waals surface area contributed by atoms with Crippen LogP contribution in [0.25, 0.3) is 0 Å². The third-order valence-corrected chi connectivity index (χ3v) is 6.68. The Morgan fingerprint density at radius 1 is 1.27 bits per heavy atom. The zero-order valence-electron chi connectivity index (χ0n) is 11.6. The number of sulfonamides is 1. The highest BCUT2D eigenvalue weighted by Gasteiger charge is 2.47. The summed E-state index contributed by atoms with van der Waals surface area (Å²) < 4.78 is 40.2. The van der Waals surface area contributed by atoms with E-state index in [9.17, 15) is 17.6 Å². The van der Waals surface area contributed by atoms with Crippen LogP contribution < -0.4 is 0 Å². The molecule has 1 aromatic rings. The summed E-state index contributed by atoms with van der Waals surface area (Å²) in [6.07, 6.45) is 0.963. The first-order valence-electron chi connectivity index (χ1n) is 6.97. The van der Waals surface area contributed by atoms with Crippen molar-refractivity contribution in [2.75, 3.05) is 13.1 Å². The molecule has 8 heteroatoms. The Bertz CT molecular complexity index is 710. The molecule has 0 amide bonds. The normalized spacial score (nSPS) is 28.7. The number of halogens is 2. The van der Waals surface area contributed by atoms with Gasteiger partial charge in [0.2, 0.25) is 10.0 Å². The van der Waals surface area contributed by atoms with E-state index in [4.69, 9.17) is 16.7 Å². The molecule has 3 atom stereocenters. The maximum absolute atomic E-state index is 13.9. The fourth-order valence-corrected chi connectivity index (χ4v) is 5.24. The predicted octanol–water partition coefficient (Wildman–Crippen LogP) is 2.21. The second kappa shape index (κ2) is 5.47. The second-order valence-electron chi connectivity index (χ2n) is 5.92. The third kappa shape index (κ3) is 2.61. The van der Waals surface area contributed by atoms with Gasteiger partial charge < -0.3 is 5.11 Å². The number of aliphatic carboxylic acids is 1. The van der Waals surface area contributed by atoms with Crippen LogP contribution >= 0.6 is 11.6 Å². The molecule has 1 saturated heterocycles. The van der Waals surface area contributed by atoms with Crippen LogP contribution in [0, 0.1) is 23.6 Å². The van der Waals surface area contributed by atoms with Gasteiger partial charge in [-0.05, 0) is 42.9 Å².